The van der Waals surface area contributed by atoms with Crippen LogP contribution in [0.3, 0.4) is 0 Å². The zero-order valence-electron chi connectivity index (χ0n) is 14.0. The van der Waals surface area contributed by atoms with Gasteiger partial charge < -0.3 is 14.7 Å². The Morgan fingerprint density at radius 3 is 2.88 bits per heavy atom. The number of ether oxygens (including phenoxy) is 1. The van der Waals surface area contributed by atoms with Gasteiger partial charge in [-0.15, -0.1) is 0 Å². The first kappa shape index (κ1) is 18.6. The molecule has 1 saturated heterocycles. The maximum Gasteiger partial charge on any atom is 0.308 e. The number of carboxylic acids is 1. The first-order valence-electron chi connectivity index (χ1n) is 8.43. The van der Waals surface area contributed by atoms with Crippen LogP contribution in [0.2, 0.25) is 5.02 Å². The fourth-order valence-corrected chi connectivity index (χ4v) is 3.02. The van der Waals surface area contributed by atoms with Gasteiger partial charge in [0.1, 0.15) is 5.75 Å². The minimum absolute atomic E-state index is 0.0885. The largest absolute Gasteiger partial charge is 0.493 e. The Morgan fingerprint density at radius 1 is 1.42 bits per heavy atom. The van der Waals surface area contributed by atoms with E-state index in [9.17, 15) is 9.59 Å². The smallest absolute Gasteiger partial charge is 0.308 e. The SMILES string of the molecule is CCCCCOc1ccc(Cl)cc1CCN1CC(C(=O)O)CC1=O. The van der Waals surface area contributed by atoms with Crippen molar-refractivity contribution in [3.05, 3.63) is 28.8 Å². The van der Waals surface area contributed by atoms with Gasteiger partial charge in [-0.05, 0) is 36.6 Å². The van der Waals surface area contributed by atoms with E-state index in [4.69, 9.17) is 21.4 Å². The summed E-state index contributed by atoms with van der Waals surface area (Å²) in [7, 11) is 0. The van der Waals surface area contributed by atoms with E-state index in [0.29, 0.717) is 24.6 Å². The molecule has 1 aliphatic rings. The van der Waals surface area contributed by atoms with Gasteiger partial charge in [-0.1, -0.05) is 31.4 Å². The molecule has 0 bridgehead atoms. The third-order valence-electron chi connectivity index (χ3n) is 4.24. The fraction of sp³-hybridized carbons (Fsp3) is 0.556. The zero-order chi connectivity index (χ0) is 17.5. The van der Waals surface area contributed by atoms with Crippen LogP contribution in [-0.2, 0) is 16.0 Å². The van der Waals surface area contributed by atoms with Gasteiger partial charge in [0.05, 0.1) is 12.5 Å². The number of carbonyl (C=O) groups is 2. The van der Waals surface area contributed by atoms with E-state index < -0.39 is 11.9 Å². The highest BCUT2D eigenvalue weighted by Crippen LogP contribution is 2.25. The molecule has 1 fully saturated rings. The second-order valence-corrected chi connectivity index (χ2v) is 6.57. The quantitative estimate of drug-likeness (QED) is 0.691. The van der Waals surface area contributed by atoms with Gasteiger partial charge in [-0.25, -0.2) is 0 Å². The van der Waals surface area contributed by atoms with Crippen molar-refractivity contribution in [2.75, 3.05) is 19.7 Å². The Hall–Kier alpha value is -1.75. The van der Waals surface area contributed by atoms with Crippen molar-refractivity contribution < 1.29 is 19.4 Å². The molecule has 2 rings (SSSR count). The molecule has 0 radical (unpaired) electrons. The molecule has 0 spiro atoms. The summed E-state index contributed by atoms with van der Waals surface area (Å²) < 4.78 is 5.84. The van der Waals surface area contributed by atoms with Crippen LogP contribution in [0.1, 0.15) is 38.2 Å². The summed E-state index contributed by atoms with van der Waals surface area (Å²) >= 11 is 6.08. The maximum absolute atomic E-state index is 11.9. The van der Waals surface area contributed by atoms with Crippen molar-refractivity contribution in [1.29, 1.82) is 0 Å². The van der Waals surface area contributed by atoms with Gasteiger partial charge >= 0.3 is 5.97 Å². The summed E-state index contributed by atoms with van der Waals surface area (Å²) in [6, 6.07) is 5.50. The van der Waals surface area contributed by atoms with E-state index in [1.54, 1.807) is 11.0 Å². The highest BCUT2D eigenvalue weighted by Gasteiger charge is 2.33. The molecule has 0 aliphatic carbocycles. The molecule has 6 heteroatoms. The molecule has 1 atom stereocenters. The van der Waals surface area contributed by atoms with Crippen LogP contribution in [0.5, 0.6) is 5.75 Å². The number of rotatable bonds is 9. The molecule has 0 saturated carbocycles. The van der Waals surface area contributed by atoms with Crippen LogP contribution in [0, 0.1) is 5.92 Å². The van der Waals surface area contributed by atoms with Crippen LogP contribution >= 0.6 is 11.6 Å². The van der Waals surface area contributed by atoms with E-state index in [-0.39, 0.29) is 18.9 Å². The number of halogens is 1. The summed E-state index contributed by atoms with van der Waals surface area (Å²) in [4.78, 5) is 24.5. The van der Waals surface area contributed by atoms with Crippen LogP contribution in [0.25, 0.3) is 0 Å². The lowest BCUT2D eigenvalue weighted by molar-refractivity contribution is -0.141. The average Bonchev–Trinajstić information content (AvgIpc) is 2.92. The fourth-order valence-electron chi connectivity index (χ4n) is 2.83. The molecule has 0 aromatic heterocycles. The van der Waals surface area contributed by atoms with Crippen molar-refractivity contribution in [3.8, 4) is 5.75 Å². The Kier molecular flexibility index (Phi) is 6.91. The molecule has 1 aliphatic heterocycles. The Bertz CT molecular complexity index is 590. The van der Waals surface area contributed by atoms with E-state index in [1.165, 1.54) is 0 Å². The second-order valence-electron chi connectivity index (χ2n) is 6.14. The number of benzene rings is 1. The molecule has 24 heavy (non-hydrogen) atoms. The highest BCUT2D eigenvalue weighted by molar-refractivity contribution is 6.30. The van der Waals surface area contributed by atoms with Crippen molar-refractivity contribution in [2.24, 2.45) is 5.92 Å². The van der Waals surface area contributed by atoms with Gasteiger partial charge in [-0.3, -0.25) is 9.59 Å². The predicted molar refractivity (Wildman–Crippen MR) is 92.5 cm³/mol. The predicted octanol–water partition coefficient (Wildman–Crippen LogP) is 3.38. The van der Waals surface area contributed by atoms with Crippen LogP contribution in [-0.4, -0.2) is 41.6 Å². The normalized spacial score (nSPS) is 17.3. The van der Waals surface area contributed by atoms with Gasteiger partial charge in [0.15, 0.2) is 0 Å². The average molecular weight is 354 g/mol. The minimum atomic E-state index is -0.909. The van der Waals surface area contributed by atoms with Gasteiger partial charge in [0.25, 0.3) is 0 Å². The number of hydrogen-bond donors (Lipinski definition) is 1. The number of nitrogens with zero attached hydrogens (tertiary/aromatic N) is 1. The van der Waals surface area contributed by atoms with Crippen molar-refractivity contribution >= 4 is 23.5 Å². The zero-order valence-corrected chi connectivity index (χ0v) is 14.7. The molecule has 1 aromatic carbocycles. The van der Waals surface area contributed by atoms with Crippen LogP contribution in [0.15, 0.2) is 18.2 Å². The Labute approximate surface area is 147 Å². The highest BCUT2D eigenvalue weighted by atomic mass is 35.5. The molecule has 1 amide bonds. The molecule has 1 heterocycles. The van der Waals surface area contributed by atoms with E-state index >= 15 is 0 Å². The molecule has 5 nitrogen and oxygen atoms in total. The minimum Gasteiger partial charge on any atom is -0.493 e. The number of carbonyl (C=O) groups excluding carboxylic acids is 1. The summed E-state index contributed by atoms with van der Waals surface area (Å²) in [6.07, 6.45) is 3.96. The van der Waals surface area contributed by atoms with Crippen molar-refractivity contribution in [3.63, 3.8) is 0 Å². The second kappa shape index (κ2) is 8.92. The summed E-state index contributed by atoms with van der Waals surface area (Å²) in [5.41, 5.74) is 0.950. The lowest BCUT2D eigenvalue weighted by Crippen LogP contribution is -2.28. The number of unbranched alkanes of at least 4 members (excludes halogenated alkanes) is 2. The summed E-state index contributed by atoms with van der Waals surface area (Å²) in [5.74, 6) is -0.818. The van der Waals surface area contributed by atoms with Gasteiger partial charge in [0, 0.05) is 24.5 Å². The standard InChI is InChI=1S/C18H24ClNO4/c1-2-3-4-9-24-16-6-5-15(19)10-13(16)7-8-20-12-14(18(22)23)11-17(20)21/h5-6,10,14H,2-4,7-9,11-12H2,1H3,(H,22,23). The number of likely N-dealkylation sites (tertiary alicyclic amines) is 1. The summed E-state index contributed by atoms with van der Waals surface area (Å²) in [6.45, 7) is 3.56. The van der Waals surface area contributed by atoms with E-state index in [2.05, 4.69) is 6.92 Å². The first-order valence-corrected chi connectivity index (χ1v) is 8.81. The molecule has 1 unspecified atom stereocenters. The lowest BCUT2D eigenvalue weighted by atomic mass is 10.1. The summed E-state index contributed by atoms with van der Waals surface area (Å²) in [5, 5.41) is 9.67. The van der Waals surface area contributed by atoms with Gasteiger partial charge in [0.2, 0.25) is 5.91 Å². The van der Waals surface area contributed by atoms with Crippen LogP contribution in [0.4, 0.5) is 0 Å². The van der Waals surface area contributed by atoms with E-state index in [0.717, 1.165) is 30.6 Å². The third-order valence-corrected chi connectivity index (χ3v) is 4.48. The van der Waals surface area contributed by atoms with Crippen LogP contribution < -0.4 is 4.74 Å². The third kappa shape index (κ3) is 5.13. The topological polar surface area (TPSA) is 66.8 Å². The molecule has 1 N–H and O–H groups in total. The Balaban J connectivity index is 1.94. The Morgan fingerprint density at radius 2 is 2.21 bits per heavy atom. The molecule has 132 valence electrons. The van der Waals surface area contributed by atoms with Crippen molar-refractivity contribution in [1.82, 2.24) is 4.90 Å². The van der Waals surface area contributed by atoms with E-state index in [1.807, 2.05) is 12.1 Å². The number of hydrogen-bond acceptors (Lipinski definition) is 3. The lowest BCUT2D eigenvalue weighted by Gasteiger charge is -2.18. The number of aliphatic carboxylic acids is 1. The molecule has 1 aromatic rings. The first-order chi connectivity index (χ1) is 11.5. The van der Waals surface area contributed by atoms with Gasteiger partial charge in [-0.2, -0.15) is 0 Å². The van der Waals surface area contributed by atoms with Crippen molar-refractivity contribution in [2.45, 2.75) is 39.0 Å². The molecular formula is C18H24ClNO4. The number of amides is 1. The molecular weight excluding hydrogens is 330 g/mol. The monoisotopic (exact) mass is 353 g/mol. The number of carboxylic acid groups (broad SMARTS) is 1. The maximum atomic E-state index is 11.9.